The molecule has 2 heterocycles. The molecule has 0 unspecified atom stereocenters. The number of aromatic nitrogens is 3. The van der Waals surface area contributed by atoms with Gasteiger partial charge in [-0.3, -0.25) is 4.79 Å². The van der Waals surface area contributed by atoms with Gasteiger partial charge in [-0.1, -0.05) is 0 Å². The van der Waals surface area contributed by atoms with Crippen LogP contribution in [-0.4, -0.2) is 53.8 Å². The number of likely N-dealkylation sites (tertiary alicyclic amines) is 1. The van der Waals surface area contributed by atoms with E-state index in [1.165, 1.54) is 12.1 Å². The van der Waals surface area contributed by atoms with Gasteiger partial charge in [-0.2, -0.15) is 10.1 Å². The van der Waals surface area contributed by atoms with Crippen LogP contribution in [-0.2, 0) is 9.84 Å². The van der Waals surface area contributed by atoms with Crippen molar-refractivity contribution >= 4 is 15.7 Å². The Bertz CT molecular complexity index is 857. The number of H-pyrrole nitrogens is 1. The van der Waals surface area contributed by atoms with E-state index in [-0.39, 0.29) is 22.5 Å². The number of amides is 1. The number of rotatable bonds is 3. The fourth-order valence-electron chi connectivity index (χ4n) is 2.46. The average molecular weight is 338 g/mol. The van der Waals surface area contributed by atoms with Crippen molar-refractivity contribution in [1.82, 2.24) is 20.1 Å². The molecule has 1 N–H and O–H groups in total. The van der Waals surface area contributed by atoms with Gasteiger partial charge in [-0.15, -0.1) is 0 Å². The molecule has 3 rings (SSSR count). The molecule has 1 aliphatic rings. The predicted octanol–water partition coefficient (Wildman–Crippen LogP) is 1.25. The van der Waals surface area contributed by atoms with Crippen molar-refractivity contribution in [3.8, 4) is 11.4 Å². The molecule has 0 radical (unpaired) electrons. The maximum absolute atomic E-state index is 14.0. The topological polar surface area (TPSA) is 96.0 Å². The highest BCUT2D eigenvalue weighted by atomic mass is 32.2. The van der Waals surface area contributed by atoms with Crippen molar-refractivity contribution in [3.05, 3.63) is 29.6 Å². The maximum Gasteiger partial charge on any atom is 0.256 e. The molecule has 1 aromatic carbocycles. The van der Waals surface area contributed by atoms with Gasteiger partial charge >= 0.3 is 0 Å². The SMILES string of the molecule is CS(=O)(=O)c1nc(-c2ccc(F)c(C(=O)N3CCCC3)c2)n[nH]1. The number of sulfone groups is 1. The van der Waals surface area contributed by atoms with E-state index in [1.54, 1.807) is 4.90 Å². The monoisotopic (exact) mass is 338 g/mol. The number of hydrogen-bond acceptors (Lipinski definition) is 5. The first-order valence-electron chi connectivity index (χ1n) is 7.08. The molecular weight excluding hydrogens is 323 g/mol. The zero-order valence-corrected chi connectivity index (χ0v) is 13.2. The normalized spacial score (nSPS) is 15.1. The Hall–Kier alpha value is -2.29. The molecule has 23 heavy (non-hydrogen) atoms. The van der Waals surface area contributed by atoms with Crippen LogP contribution < -0.4 is 0 Å². The van der Waals surface area contributed by atoms with E-state index in [2.05, 4.69) is 15.2 Å². The van der Waals surface area contributed by atoms with Gasteiger partial charge in [0.05, 0.1) is 5.56 Å². The van der Waals surface area contributed by atoms with Gasteiger partial charge in [0.15, 0.2) is 5.82 Å². The number of halogens is 1. The van der Waals surface area contributed by atoms with Gasteiger partial charge in [0.25, 0.3) is 5.91 Å². The predicted molar refractivity (Wildman–Crippen MR) is 80.0 cm³/mol. The molecule has 1 aliphatic heterocycles. The molecule has 1 aromatic heterocycles. The van der Waals surface area contributed by atoms with Crippen molar-refractivity contribution in [3.63, 3.8) is 0 Å². The van der Waals surface area contributed by atoms with Crippen LogP contribution in [0.5, 0.6) is 0 Å². The Balaban J connectivity index is 1.97. The summed E-state index contributed by atoms with van der Waals surface area (Å²) < 4.78 is 36.8. The Morgan fingerprint density at radius 1 is 1.30 bits per heavy atom. The molecule has 1 amide bonds. The molecule has 0 aliphatic carbocycles. The maximum atomic E-state index is 14.0. The summed E-state index contributed by atoms with van der Waals surface area (Å²) in [5, 5.41) is 5.87. The summed E-state index contributed by atoms with van der Waals surface area (Å²) in [5.74, 6) is -0.897. The lowest BCUT2D eigenvalue weighted by Crippen LogP contribution is -2.28. The van der Waals surface area contributed by atoms with Crippen LogP contribution in [0.1, 0.15) is 23.2 Å². The van der Waals surface area contributed by atoms with E-state index in [4.69, 9.17) is 0 Å². The standard InChI is InChI=1S/C14H15FN4O3S/c1-23(21,22)14-16-12(17-18-14)9-4-5-11(15)10(8-9)13(20)19-6-2-3-7-19/h4-5,8H,2-3,6-7H2,1H3,(H,16,17,18). The third-order valence-corrected chi connectivity index (χ3v) is 4.55. The summed E-state index contributed by atoms with van der Waals surface area (Å²) in [5.41, 5.74) is 0.315. The van der Waals surface area contributed by atoms with E-state index in [0.29, 0.717) is 18.7 Å². The lowest BCUT2D eigenvalue weighted by molar-refractivity contribution is 0.0788. The van der Waals surface area contributed by atoms with Gasteiger partial charge in [0.2, 0.25) is 15.0 Å². The Morgan fingerprint density at radius 2 is 2.00 bits per heavy atom. The molecule has 1 saturated heterocycles. The second-order valence-corrected chi connectivity index (χ2v) is 7.36. The fourth-order valence-corrected chi connectivity index (χ4v) is 2.92. The Morgan fingerprint density at radius 3 is 2.61 bits per heavy atom. The summed E-state index contributed by atoms with van der Waals surface area (Å²) in [4.78, 5) is 17.8. The lowest BCUT2D eigenvalue weighted by Gasteiger charge is -2.15. The number of nitrogens with one attached hydrogen (secondary N) is 1. The molecule has 0 bridgehead atoms. The van der Waals surface area contributed by atoms with E-state index in [1.807, 2.05) is 0 Å². The first kappa shape index (κ1) is 15.6. The highest BCUT2D eigenvalue weighted by molar-refractivity contribution is 7.90. The van der Waals surface area contributed by atoms with E-state index >= 15 is 0 Å². The second-order valence-electron chi connectivity index (χ2n) is 5.43. The van der Waals surface area contributed by atoms with Gasteiger partial charge < -0.3 is 4.90 Å². The van der Waals surface area contributed by atoms with Crippen molar-refractivity contribution in [1.29, 1.82) is 0 Å². The van der Waals surface area contributed by atoms with Crippen LogP contribution in [0.15, 0.2) is 23.4 Å². The van der Waals surface area contributed by atoms with Crippen LogP contribution >= 0.6 is 0 Å². The number of aromatic amines is 1. The number of carbonyl (C=O) groups is 1. The summed E-state index contributed by atoms with van der Waals surface area (Å²) in [6.07, 6.45) is 2.82. The fraction of sp³-hybridized carbons (Fsp3) is 0.357. The van der Waals surface area contributed by atoms with Gasteiger partial charge in [-0.25, -0.2) is 17.9 Å². The highest BCUT2D eigenvalue weighted by Gasteiger charge is 2.23. The van der Waals surface area contributed by atoms with E-state index in [0.717, 1.165) is 25.2 Å². The molecular formula is C14H15FN4O3S. The van der Waals surface area contributed by atoms with E-state index in [9.17, 15) is 17.6 Å². The van der Waals surface area contributed by atoms with Gasteiger partial charge in [0.1, 0.15) is 5.82 Å². The Labute approximate surface area is 132 Å². The summed E-state index contributed by atoms with van der Waals surface area (Å²) in [6.45, 7) is 1.22. The van der Waals surface area contributed by atoms with Crippen LogP contribution in [0.4, 0.5) is 4.39 Å². The molecule has 0 saturated carbocycles. The number of carbonyl (C=O) groups excluding carboxylic acids is 1. The number of benzene rings is 1. The van der Waals surface area contributed by atoms with Gasteiger partial charge in [-0.05, 0) is 31.0 Å². The minimum absolute atomic E-state index is 0.0601. The zero-order valence-electron chi connectivity index (χ0n) is 12.4. The molecule has 0 spiro atoms. The highest BCUT2D eigenvalue weighted by Crippen LogP contribution is 2.22. The third-order valence-electron chi connectivity index (χ3n) is 3.66. The molecule has 7 nitrogen and oxygen atoms in total. The number of nitrogens with zero attached hydrogens (tertiary/aromatic N) is 3. The van der Waals surface area contributed by atoms with Crippen molar-refractivity contribution < 1.29 is 17.6 Å². The molecule has 2 aromatic rings. The van der Waals surface area contributed by atoms with Gasteiger partial charge in [0, 0.05) is 24.9 Å². The third kappa shape index (κ3) is 3.09. The summed E-state index contributed by atoms with van der Waals surface area (Å²) in [6, 6.07) is 3.92. The first-order valence-corrected chi connectivity index (χ1v) is 8.97. The molecule has 1 fully saturated rings. The van der Waals surface area contributed by atoms with Crippen molar-refractivity contribution in [2.45, 2.75) is 18.0 Å². The molecule has 0 atom stereocenters. The Kier molecular flexibility index (Phi) is 3.88. The van der Waals surface area contributed by atoms with E-state index < -0.39 is 15.7 Å². The number of hydrogen-bond donors (Lipinski definition) is 1. The van der Waals surface area contributed by atoms with Crippen LogP contribution in [0.3, 0.4) is 0 Å². The summed E-state index contributed by atoms with van der Waals surface area (Å²) >= 11 is 0. The summed E-state index contributed by atoms with van der Waals surface area (Å²) in [7, 11) is -3.52. The first-order chi connectivity index (χ1) is 10.9. The molecule has 9 heteroatoms. The molecule has 122 valence electrons. The zero-order chi connectivity index (χ0) is 16.6. The average Bonchev–Trinajstić information content (AvgIpc) is 3.18. The van der Waals surface area contributed by atoms with Crippen LogP contribution in [0.25, 0.3) is 11.4 Å². The van der Waals surface area contributed by atoms with Crippen molar-refractivity contribution in [2.75, 3.05) is 19.3 Å². The second kappa shape index (κ2) is 5.73. The van der Waals surface area contributed by atoms with Crippen LogP contribution in [0.2, 0.25) is 0 Å². The minimum Gasteiger partial charge on any atom is -0.339 e. The quantitative estimate of drug-likeness (QED) is 0.908. The van der Waals surface area contributed by atoms with Crippen molar-refractivity contribution in [2.24, 2.45) is 0 Å². The van der Waals surface area contributed by atoms with Crippen LogP contribution in [0, 0.1) is 5.82 Å². The lowest BCUT2D eigenvalue weighted by atomic mass is 10.1. The minimum atomic E-state index is -3.52. The smallest absolute Gasteiger partial charge is 0.256 e. The largest absolute Gasteiger partial charge is 0.339 e.